The molecule has 0 atom stereocenters. The summed E-state index contributed by atoms with van der Waals surface area (Å²) < 4.78 is 55.2. The zero-order valence-electron chi connectivity index (χ0n) is 6.28. The van der Waals surface area contributed by atoms with Crippen LogP contribution in [-0.4, -0.2) is 71.1 Å². The topological polar surface area (TPSA) is 155 Å². The molecular formula is C2H6MgO8S2. The van der Waals surface area contributed by atoms with Crippen LogP contribution in [-0.2, 0) is 20.2 Å². The Kier molecular flexibility index (Phi) is 11.6. The minimum Gasteiger partial charge on any atom is -0.746 e. The summed E-state index contributed by atoms with van der Waals surface area (Å²) in [6.07, 6.45) is 0. The van der Waals surface area contributed by atoms with Crippen LogP contribution in [0.2, 0.25) is 0 Å². The molecule has 0 amide bonds. The molecule has 0 saturated carbocycles. The van der Waals surface area contributed by atoms with Gasteiger partial charge in [-0.1, -0.05) is 0 Å². The van der Waals surface area contributed by atoms with Gasteiger partial charge in [0.1, 0.15) is 32.1 Å². The van der Waals surface area contributed by atoms with Gasteiger partial charge in [-0.15, -0.1) is 0 Å². The molecule has 0 unspecified atom stereocenters. The van der Waals surface area contributed by atoms with Crippen molar-refractivity contribution in [3.63, 3.8) is 0 Å². The number of rotatable bonds is 2. The van der Waals surface area contributed by atoms with Crippen LogP contribution in [0.15, 0.2) is 0 Å². The van der Waals surface area contributed by atoms with E-state index in [0.717, 1.165) is 0 Å². The van der Waals surface area contributed by atoms with Crippen molar-refractivity contribution < 1.29 is 36.2 Å². The molecule has 8 nitrogen and oxygen atoms in total. The fourth-order valence-electron chi connectivity index (χ4n) is 0. The molecule has 0 saturated heterocycles. The van der Waals surface area contributed by atoms with Crippen LogP contribution in [0.5, 0.6) is 0 Å². The first kappa shape index (κ1) is 19.1. The molecule has 0 heterocycles. The van der Waals surface area contributed by atoms with Gasteiger partial charge < -0.3 is 19.3 Å². The van der Waals surface area contributed by atoms with Crippen molar-refractivity contribution >= 4 is 43.3 Å². The predicted octanol–water partition coefficient (Wildman–Crippen LogP) is -3.42. The summed E-state index contributed by atoms with van der Waals surface area (Å²) in [6.45, 7) is 0. The van der Waals surface area contributed by atoms with E-state index in [1.807, 2.05) is 0 Å². The Balaban J connectivity index is -0.000000143. The molecule has 0 aliphatic rings. The first-order valence-electron chi connectivity index (χ1n) is 2.21. The third-order valence-corrected chi connectivity index (χ3v) is 0.949. The predicted molar refractivity (Wildman–Crippen MR) is 39.3 cm³/mol. The Morgan fingerprint density at radius 1 is 0.846 bits per heavy atom. The second-order valence-corrected chi connectivity index (χ2v) is 4.12. The van der Waals surface area contributed by atoms with E-state index in [-0.39, 0.29) is 23.1 Å². The molecule has 0 aliphatic heterocycles. The largest absolute Gasteiger partial charge is 2.00 e. The van der Waals surface area contributed by atoms with E-state index in [1.165, 1.54) is 0 Å². The number of aliphatic hydroxyl groups excluding tert-OH is 2. The summed E-state index contributed by atoms with van der Waals surface area (Å²) in [4.78, 5) is 0. The Bertz CT molecular complexity index is 256. The summed E-state index contributed by atoms with van der Waals surface area (Å²) in [6, 6.07) is 0. The van der Waals surface area contributed by atoms with Crippen LogP contribution in [0, 0.1) is 0 Å². The Morgan fingerprint density at radius 3 is 0.923 bits per heavy atom. The first-order chi connectivity index (χ1) is 5.12. The van der Waals surface area contributed by atoms with Gasteiger partial charge in [-0.3, -0.25) is 0 Å². The van der Waals surface area contributed by atoms with E-state index >= 15 is 0 Å². The standard InChI is InChI=1S/2CH4O4S.Mg/c2*2-1-6(3,4)5;/h2*2H,1H2,(H,3,4,5);/q;;+2/p-2. The summed E-state index contributed by atoms with van der Waals surface area (Å²) in [5.74, 6) is -2.62. The van der Waals surface area contributed by atoms with Crippen molar-refractivity contribution in [1.29, 1.82) is 0 Å². The van der Waals surface area contributed by atoms with Crippen molar-refractivity contribution in [3.05, 3.63) is 0 Å². The van der Waals surface area contributed by atoms with E-state index in [4.69, 9.17) is 10.2 Å². The third kappa shape index (κ3) is 32.6. The van der Waals surface area contributed by atoms with Gasteiger partial charge in [0, 0.05) is 0 Å². The minimum atomic E-state index is -4.36. The van der Waals surface area contributed by atoms with Gasteiger partial charge in [0.25, 0.3) is 0 Å². The Morgan fingerprint density at radius 2 is 0.923 bits per heavy atom. The van der Waals surface area contributed by atoms with Crippen LogP contribution in [0.4, 0.5) is 0 Å². The molecule has 0 aliphatic carbocycles. The van der Waals surface area contributed by atoms with E-state index in [2.05, 4.69) is 0 Å². The van der Waals surface area contributed by atoms with Crippen molar-refractivity contribution in [3.8, 4) is 0 Å². The smallest absolute Gasteiger partial charge is 0.746 e. The summed E-state index contributed by atoms with van der Waals surface area (Å²) >= 11 is 0. The van der Waals surface area contributed by atoms with Crippen molar-refractivity contribution in [1.82, 2.24) is 0 Å². The van der Waals surface area contributed by atoms with E-state index in [0.29, 0.717) is 0 Å². The maximum atomic E-state index is 9.19. The van der Waals surface area contributed by atoms with Gasteiger partial charge in [-0.25, -0.2) is 16.8 Å². The van der Waals surface area contributed by atoms with E-state index in [9.17, 15) is 25.9 Å². The summed E-state index contributed by atoms with van der Waals surface area (Å²) in [5.41, 5.74) is 0. The van der Waals surface area contributed by atoms with E-state index < -0.39 is 32.1 Å². The van der Waals surface area contributed by atoms with Gasteiger partial charge in [-0.05, 0) is 0 Å². The van der Waals surface area contributed by atoms with Crippen molar-refractivity contribution in [2.45, 2.75) is 0 Å². The average Bonchev–Trinajstić information content (AvgIpc) is 1.86. The molecule has 0 bridgehead atoms. The van der Waals surface area contributed by atoms with Crippen molar-refractivity contribution in [2.24, 2.45) is 0 Å². The molecule has 0 aromatic carbocycles. The average molecular weight is 247 g/mol. The Hall–Kier alpha value is 0.506. The molecule has 0 aromatic rings. The fraction of sp³-hybridized carbons (Fsp3) is 1.00. The maximum absolute atomic E-state index is 9.19. The van der Waals surface area contributed by atoms with Crippen LogP contribution in [0.25, 0.3) is 0 Å². The van der Waals surface area contributed by atoms with E-state index in [1.54, 1.807) is 0 Å². The summed E-state index contributed by atoms with van der Waals surface area (Å²) in [5, 5.41) is 15.0. The molecule has 0 fully saturated rings. The van der Waals surface area contributed by atoms with Crippen LogP contribution >= 0.6 is 0 Å². The monoisotopic (exact) mass is 246 g/mol. The normalized spacial score (nSPS) is 10.8. The fourth-order valence-corrected chi connectivity index (χ4v) is 0. The van der Waals surface area contributed by atoms with Crippen LogP contribution < -0.4 is 0 Å². The molecule has 11 heteroatoms. The first-order valence-corrected chi connectivity index (χ1v) is 5.36. The molecule has 0 spiro atoms. The van der Waals surface area contributed by atoms with Gasteiger partial charge in [0.2, 0.25) is 0 Å². The SMILES string of the molecule is O=S(=O)([O-])CO.O=S(=O)([O-])CO.[Mg+2]. The number of aliphatic hydroxyl groups is 2. The van der Waals surface area contributed by atoms with Gasteiger partial charge in [0.15, 0.2) is 0 Å². The quantitative estimate of drug-likeness (QED) is 0.377. The van der Waals surface area contributed by atoms with Crippen LogP contribution in [0.3, 0.4) is 0 Å². The van der Waals surface area contributed by atoms with Gasteiger partial charge >= 0.3 is 23.1 Å². The van der Waals surface area contributed by atoms with Gasteiger partial charge in [0.05, 0.1) is 0 Å². The van der Waals surface area contributed by atoms with Gasteiger partial charge in [-0.2, -0.15) is 0 Å². The number of hydrogen-bond acceptors (Lipinski definition) is 8. The zero-order valence-corrected chi connectivity index (χ0v) is 9.33. The number of hydrogen-bond donors (Lipinski definition) is 2. The zero-order chi connectivity index (χ0) is 10.4. The third-order valence-electron chi connectivity index (χ3n) is 0.316. The molecule has 13 heavy (non-hydrogen) atoms. The molecule has 2 N–H and O–H groups in total. The summed E-state index contributed by atoms with van der Waals surface area (Å²) in [7, 11) is -8.71. The molecule has 0 radical (unpaired) electrons. The second kappa shape index (κ2) is 7.87. The van der Waals surface area contributed by atoms with Crippen LogP contribution in [0.1, 0.15) is 0 Å². The molecule has 0 rings (SSSR count). The molecular weight excluding hydrogens is 240 g/mol. The maximum Gasteiger partial charge on any atom is 2.00 e. The second-order valence-electron chi connectivity index (χ2n) is 1.37. The Labute approximate surface area is 91.2 Å². The minimum absolute atomic E-state index is 0. The van der Waals surface area contributed by atoms with Crippen molar-refractivity contribution in [2.75, 3.05) is 11.9 Å². The molecule has 76 valence electrons. The molecule has 0 aromatic heterocycles.